The summed E-state index contributed by atoms with van der Waals surface area (Å²) in [6.45, 7) is -0.0416. The summed E-state index contributed by atoms with van der Waals surface area (Å²) in [6, 6.07) is 10.6. The predicted molar refractivity (Wildman–Crippen MR) is 188 cm³/mol. The van der Waals surface area contributed by atoms with E-state index >= 15 is 8.78 Å². The highest BCUT2D eigenvalue weighted by molar-refractivity contribution is 5.83. The molecule has 0 unspecified atom stereocenters. The number of ether oxygens (including phenoxy) is 6. The van der Waals surface area contributed by atoms with Crippen LogP contribution in [0.4, 0.5) is 38.8 Å². The molecule has 5 rings (SSSR count). The fourth-order valence-corrected chi connectivity index (χ4v) is 5.55. The molecule has 3 aromatic rings. The first-order chi connectivity index (χ1) is 28.0. The summed E-state index contributed by atoms with van der Waals surface area (Å²) in [5.74, 6) is -11.1. The quantitative estimate of drug-likeness (QED) is 0.0698. The first-order valence-electron chi connectivity index (χ1n) is 17.8. The van der Waals surface area contributed by atoms with Crippen molar-refractivity contribution in [3.05, 3.63) is 81.4 Å². The van der Waals surface area contributed by atoms with Gasteiger partial charge < -0.3 is 38.6 Å². The van der Waals surface area contributed by atoms with Crippen molar-refractivity contribution in [3.8, 4) is 0 Å². The minimum Gasteiger partial charge on any atom is -0.463 e. The van der Waals surface area contributed by atoms with Gasteiger partial charge in [0, 0.05) is 12.4 Å². The summed E-state index contributed by atoms with van der Waals surface area (Å²) in [6.07, 6.45) is -14.0. The third-order valence-electron chi connectivity index (χ3n) is 8.68. The molecule has 59 heavy (non-hydrogen) atoms. The number of nitrogens with zero attached hydrogens (tertiary/aromatic N) is 4. The van der Waals surface area contributed by atoms with E-state index < -0.39 is 110 Å². The van der Waals surface area contributed by atoms with Gasteiger partial charge >= 0.3 is 47.3 Å². The monoisotopic (exact) mass is 842 g/mol. The summed E-state index contributed by atoms with van der Waals surface area (Å²) in [4.78, 5) is 80.6. The Kier molecular flexibility index (Phi) is 14.3. The van der Waals surface area contributed by atoms with E-state index in [9.17, 15) is 47.8 Å². The first-order valence-corrected chi connectivity index (χ1v) is 17.8. The number of aliphatic hydroxyl groups is 2. The number of halogens is 4. The van der Waals surface area contributed by atoms with Gasteiger partial charge in [-0.2, -0.15) is 27.5 Å². The van der Waals surface area contributed by atoms with Crippen molar-refractivity contribution in [1.82, 2.24) is 19.1 Å². The second-order valence-electron chi connectivity index (χ2n) is 13.0. The number of hydrogen-bond acceptors (Lipinski definition) is 16. The third-order valence-corrected chi connectivity index (χ3v) is 8.68. The van der Waals surface area contributed by atoms with Crippen molar-refractivity contribution < 1.29 is 75.4 Å². The minimum absolute atomic E-state index is 0.0981. The number of anilines is 2. The molecule has 0 aliphatic carbocycles. The Balaban J connectivity index is 1.06. The zero-order valence-corrected chi connectivity index (χ0v) is 30.9. The largest absolute Gasteiger partial charge is 0.463 e. The van der Waals surface area contributed by atoms with Gasteiger partial charge in [0.05, 0.1) is 19.4 Å². The molecular formula is C35H38F4N6O14. The third kappa shape index (κ3) is 11.0. The van der Waals surface area contributed by atoms with E-state index in [-0.39, 0.29) is 24.8 Å². The lowest BCUT2D eigenvalue weighted by atomic mass is 10.1. The lowest BCUT2D eigenvalue weighted by Gasteiger charge is -2.21. The van der Waals surface area contributed by atoms with E-state index in [1.54, 1.807) is 30.3 Å². The van der Waals surface area contributed by atoms with Crippen LogP contribution in [0.2, 0.25) is 0 Å². The maximum Gasteiger partial charge on any atom is 0.413 e. The number of hydrogen-bond donors (Lipinski definition) is 4. The van der Waals surface area contributed by atoms with Gasteiger partial charge in [-0.15, -0.1) is 0 Å². The number of rotatable bonds is 16. The van der Waals surface area contributed by atoms with Crippen LogP contribution in [0.25, 0.3) is 0 Å². The summed E-state index contributed by atoms with van der Waals surface area (Å²) < 4.78 is 90.6. The number of benzene rings is 1. The molecule has 2 aliphatic heterocycles. The summed E-state index contributed by atoms with van der Waals surface area (Å²) in [5, 5.41) is 24.8. The van der Waals surface area contributed by atoms with E-state index in [2.05, 4.69) is 20.6 Å². The summed E-state index contributed by atoms with van der Waals surface area (Å²) in [7, 11) is 0. The molecule has 4 heterocycles. The predicted octanol–water partition coefficient (Wildman–Crippen LogP) is 2.25. The number of amides is 2. The Bertz CT molecular complexity index is 2090. The number of aliphatic hydroxyl groups excluding tert-OH is 2. The van der Waals surface area contributed by atoms with E-state index in [0.29, 0.717) is 21.1 Å². The van der Waals surface area contributed by atoms with Gasteiger partial charge in [-0.25, -0.2) is 19.2 Å². The normalized spacial score (nSPS) is 22.9. The zero-order valence-electron chi connectivity index (χ0n) is 30.9. The van der Waals surface area contributed by atoms with E-state index in [0.717, 1.165) is 30.9 Å². The molecule has 0 bridgehead atoms. The standard InChI is InChI=1S/C35H38F4N6O14/c1-2-3-15-54-32(52)42-22-11-13-44(30(50)40-22)28-34(36,37)26(48)20(58-28)17-55-24(46)9-10-25(47)56-18-21-27(49)35(38,39)29(59-21)45-14-12-23(41-31(45)51)43-33(53)57-16-19-7-5-4-6-8-19/h4-8,11-14,20-21,26-29,48-49H,2-3,9-10,15-18H2,1H3,(H,40,42,50,52)(H,41,43,51,53)/t20-,21+,26-,27+,28-,29+/m0/s1. The molecule has 2 saturated heterocycles. The molecule has 0 radical (unpaired) electrons. The molecule has 20 nitrogen and oxygen atoms in total. The molecule has 2 aliphatic rings. The van der Waals surface area contributed by atoms with Crippen molar-refractivity contribution in [2.75, 3.05) is 30.5 Å². The van der Waals surface area contributed by atoms with Gasteiger partial charge in [-0.1, -0.05) is 43.7 Å². The molecule has 320 valence electrons. The SMILES string of the molecule is CCCCOC(=O)Nc1ccn([C@H]2O[C@@H](COC(=O)CCC(=O)OC[C@H]3O[C@@H](n4ccc(NC(=O)OCc5ccccc5)nc4=O)C(F)(F)[C@@H]3O)[C@H](O)C2(F)F)c(=O)n1. The number of carbonyl (C=O) groups excluding carboxylic acids is 4. The Hall–Kier alpha value is -5.98. The topological polar surface area (TPSA) is 258 Å². The Morgan fingerprint density at radius 1 is 0.729 bits per heavy atom. The first kappa shape index (κ1) is 44.1. The van der Waals surface area contributed by atoms with Crippen molar-refractivity contribution in [1.29, 1.82) is 0 Å². The Morgan fingerprint density at radius 2 is 1.19 bits per heavy atom. The Morgan fingerprint density at radius 3 is 1.63 bits per heavy atom. The van der Waals surface area contributed by atoms with Gasteiger partial charge in [-0.3, -0.25) is 29.4 Å². The maximum absolute atomic E-state index is 15.0. The van der Waals surface area contributed by atoms with Gasteiger partial charge in [0.2, 0.25) is 12.5 Å². The second-order valence-corrected chi connectivity index (χ2v) is 13.0. The van der Waals surface area contributed by atoms with Crippen LogP contribution in [-0.2, 0) is 44.6 Å². The highest BCUT2D eigenvalue weighted by atomic mass is 19.3. The molecular weight excluding hydrogens is 804 g/mol. The molecule has 24 heteroatoms. The van der Waals surface area contributed by atoms with Crippen LogP contribution in [0, 0.1) is 0 Å². The van der Waals surface area contributed by atoms with Crippen molar-refractivity contribution >= 4 is 35.8 Å². The van der Waals surface area contributed by atoms with Crippen LogP contribution in [0.3, 0.4) is 0 Å². The van der Waals surface area contributed by atoms with Crippen LogP contribution in [0.1, 0.15) is 50.6 Å². The van der Waals surface area contributed by atoms with E-state index in [1.807, 2.05) is 6.92 Å². The van der Waals surface area contributed by atoms with Crippen LogP contribution >= 0.6 is 0 Å². The number of aromatic nitrogens is 4. The van der Waals surface area contributed by atoms with Gasteiger partial charge in [0.25, 0.3) is 0 Å². The highest BCUT2D eigenvalue weighted by Gasteiger charge is 2.61. The molecule has 1 aromatic carbocycles. The molecule has 2 fully saturated rings. The van der Waals surface area contributed by atoms with Gasteiger partial charge in [0.15, 0.2) is 12.2 Å². The average molecular weight is 843 g/mol. The minimum atomic E-state index is -4.10. The maximum atomic E-state index is 15.0. The van der Waals surface area contributed by atoms with Crippen molar-refractivity contribution in [2.24, 2.45) is 0 Å². The number of carbonyl (C=O) groups is 4. The smallest absolute Gasteiger partial charge is 0.413 e. The highest BCUT2D eigenvalue weighted by Crippen LogP contribution is 2.43. The molecule has 4 N–H and O–H groups in total. The number of alkyl halides is 4. The van der Waals surface area contributed by atoms with Crippen molar-refractivity contribution in [3.63, 3.8) is 0 Å². The van der Waals surface area contributed by atoms with Crippen LogP contribution < -0.4 is 22.0 Å². The fraction of sp³-hybridized carbons (Fsp3) is 0.486. The molecule has 6 atom stereocenters. The molecule has 0 saturated carbocycles. The van der Waals surface area contributed by atoms with Gasteiger partial charge in [-0.05, 0) is 24.1 Å². The van der Waals surface area contributed by atoms with Crippen LogP contribution in [-0.4, -0.2) is 110 Å². The van der Waals surface area contributed by atoms with E-state index in [4.69, 9.17) is 28.4 Å². The van der Waals surface area contributed by atoms with Crippen LogP contribution in [0.15, 0.2) is 64.4 Å². The van der Waals surface area contributed by atoms with Gasteiger partial charge in [0.1, 0.15) is 43.7 Å². The molecule has 2 amide bonds. The number of unbranched alkanes of at least 4 members (excludes halogenated alkanes) is 1. The van der Waals surface area contributed by atoms with Crippen molar-refractivity contribution in [2.45, 2.75) is 87.9 Å². The fourth-order valence-electron chi connectivity index (χ4n) is 5.55. The second kappa shape index (κ2) is 19.2. The van der Waals surface area contributed by atoms with E-state index in [1.165, 1.54) is 0 Å². The zero-order chi connectivity index (χ0) is 42.9. The number of esters is 2. The van der Waals surface area contributed by atoms with Crippen LogP contribution in [0.5, 0.6) is 0 Å². The average Bonchev–Trinajstić information content (AvgIpc) is 3.56. The lowest BCUT2D eigenvalue weighted by Crippen LogP contribution is -2.42. The summed E-state index contributed by atoms with van der Waals surface area (Å²) in [5.41, 5.74) is -1.92. The Labute approximate surface area is 329 Å². The molecule has 2 aromatic heterocycles. The lowest BCUT2D eigenvalue weighted by molar-refractivity contribution is -0.157. The number of nitrogens with one attached hydrogen (secondary N) is 2. The summed E-state index contributed by atoms with van der Waals surface area (Å²) >= 11 is 0. The molecule has 0 spiro atoms.